The van der Waals surface area contributed by atoms with E-state index in [1.165, 1.54) is 19.3 Å². The third-order valence-corrected chi connectivity index (χ3v) is 4.01. The van der Waals surface area contributed by atoms with Crippen LogP contribution in [0.2, 0.25) is 0 Å². The van der Waals surface area contributed by atoms with Gasteiger partial charge in [0.25, 0.3) is 0 Å². The van der Waals surface area contributed by atoms with Crippen LogP contribution in [0, 0.1) is 5.92 Å². The van der Waals surface area contributed by atoms with E-state index in [1.54, 1.807) is 7.11 Å². The zero-order valence-corrected chi connectivity index (χ0v) is 12.2. The van der Waals surface area contributed by atoms with Crippen LogP contribution in [-0.4, -0.2) is 13.2 Å². The van der Waals surface area contributed by atoms with Crippen molar-refractivity contribution in [1.29, 1.82) is 0 Å². The highest BCUT2D eigenvalue weighted by Gasteiger charge is 2.25. The van der Waals surface area contributed by atoms with Gasteiger partial charge in [-0.2, -0.15) is 0 Å². The molecule has 0 aromatic heterocycles. The molecule has 0 spiro atoms. The van der Waals surface area contributed by atoms with E-state index in [4.69, 9.17) is 15.2 Å². The van der Waals surface area contributed by atoms with E-state index in [9.17, 15) is 0 Å². The molecule has 2 N–H and O–H groups in total. The Hall–Kier alpha value is -1.22. The number of ether oxygens (including phenoxy) is 2. The maximum absolute atomic E-state index is 6.24. The van der Waals surface area contributed by atoms with Crippen molar-refractivity contribution in [1.82, 2.24) is 0 Å². The molecule has 1 aliphatic carbocycles. The van der Waals surface area contributed by atoms with Gasteiger partial charge >= 0.3 is 0 Å². The normalized spacial score (nSPS) is 24.8. The van der Waals surface area contributed by atoms with Crippen molar-refractivity contribution in [3.05, 3.63) is 23.8 Å². The Kier molecular flexibility index (Phi) is 4.70. The second-order valence-electron chi connectivity index (χ2n) is 5.58. The third-order valence-electron chi connectivity index (χ3n) is 4.01. The maximum atomic E-state index is 6.24. The van der Waals surface area contributed by atoms with Crippen LogP contribution in [0.5, 0.6) is 11.5 Å². The quantitative estimate of drug-likeness (QED) is 0.901. The van der Waals surface area contributed by atoms with Gasteiger partial charge in [-0.15, -0.1) is 0 Å². The minimum absolute atomic E-state index is 0.0925. The van der Waals surface area contributed by atoms with Crippen molar-refractivity contribution in [3.63, 3.8) is 0 Å². The van der Waals surface area contributed by atoms with Crippen molar-refractivity contribution in [2.75, 3.05) is 7.11 Å². The Morgan fingerprint density at radius 2 is 1.89 bits per heavy atom. The molecule has 3 heteroatoms. The van der Waals surface area contributed by atoms with Gasteiger partial charge < -0.3 is 15.2 Å². The van der Waals surface area contributed by atoms with Crippen LogP contribution in [0.3, 0.4) is 0 Å². The number of hydrogen-bond donors (Lipinski definition) is 1. The Morgan fingerprint density at radius 3 is 2.53 bits per heavy atom. The molecule has 2 rings (SSSR count). The fourth-order valence-electron chi connectivity index (χ4n) is 2.87. The van der Waals surface area contributed by atoms with Crippen LogP contribution >= 0.6 is 0 Å². The molecule has 1 aliphatic rings. The van der Waals surface area contributed by atoms with Gasteiger partial charge in [0, 0.05) is 6.04 Å². The van der Waals surface area contributed by atoms with Gasteiger partial charge in [-0.05, 0) is 44.2 Å². The first kappa shape index (κ1) is 14.2. The average Bonchev–Trinajstić information content (AvgIpc) is 2.40. The van der Waals surface area contributed by atoms with Crippen LogP contribution in [0.15, 0.2) is 18.2 Å². The van der Waals surface area contributed by atoms with Crippen LogP contribution in [-0.2, 0) is 0 Å². The molecule has 3 unspecified atom stereocenters. The Bertz CT molecular complexity index is 417. The summed E-state index contributed by atoms with van der Waals surface area (Å²) in [5.74, 6) is 2.31. The van der Waals surface area contributed by atoms with E-state index < -0.39 is 0 Å². The molecule has 0 bridgehead atoms. The fourth-order valence-corrected chi connectivity index (χ4v) is 2.87. The highest BCUT2D eigenvalue weighted by molar-refractivity contribution is 5.46. The highest BCUT2D eigenvalue weighted by Crippen LogP contribution is 2.36. The van der Waals surface area contributed by atoms with Crippen molar-refractivity contribution >= 4 is 0 Å². The monoisotopic (exact) mass is 263 g/mol. The molecule has 0 radical (unpaired) electrons. The van der Waals surface area contributed by atoms with E-state index in [-0.39, 0.29) is 6.04 Å². The molecule has 0 saturated heterocycles. The summed E-state index contributed by atoms with van der Waals surface area (Å²) in [6.45, 7) is 4.24. The van der Waals surface area contributed by atoms with Crippen molar-refractivity contribution in [3.8, 4) is 11.5 Å². The molecular formula is C16H25NO2. The van der Waals surface area contributed by atoms with Crippen LogP contribution in [0.25, 0.3) is 0 Å². The van der Waals surface area contributed by atoms with Gasteiger partial charge in [-0.3, -0.25) is 0 Å². The van der Waals surface area contributed by atoms with E-state index in [0.717, 1.165) is 23.5 Å². The smallest absolute Gasteiger partial charge is 0.128 e. The Morgan fingerprint density at radius 1 is 1.21 bits per heavy atom. The summed E-state index contributed by atoms with van der Waals surface area (Å²) in [5.41, 5.74) is 7.05. The zero-order chi connectivity index (χ0) is 13.8. The molecular weight excluding hydrogens is 238 g/mol. The number of nitrogens with two attached hydrogens (primary N) is 1. The lowest BCUT2D eigenvalue weighted by Gasteiger charge is -2.30. The number of methoxy groups -OCH3 is 1. The molecule has 106 valence electrons. The van der Waals surface area contributed by atoms with Crippen molar-refractivity contribution < 1.29 is 9.47 Å². The summed E-state index contributed by atoms with van der Waals surface area (Å²) in [6.07, 6.45) is 5.27. The highest BCUT2D eigenvalue weighted by atomic mass is 16.5. The lowest BCUT2D eigenvalue weighted by Crippen LogP contribution is -2.29. The lowest BCUT2D eigenvalue weighted by molar-refractivity contribution is 0.101. The van der Waals surface area contributed by atoms with Gasteiger partial charge in [0.05, 0.1) is 12.7 Å². The largest absolute Gasteiger partial charge is 0.496 e. The molecule has 1 aromatic carbocycles. The SMILES string of the molecule is COc1cccc(OC2CCCCC2C)c1C(C)N. The van der Waals surface area contributed by atoms with Crippen molar-refractivity contribution in [2.24, 2.45) is 11.7 Å². The second kappa shape index (κ2) is 6.29. The maximum Gasteiger partial charge on any atom is 0.128 e. The predicted molar refractivity (Wildman–Crippen MR) is 77.6 cm³/mol. The van der Waals surface area contributed by atoms with Gasteiger partial charge in [0.2, 0.25) is 0 Å². The average molecular weight is 263 g/mol. The molecule has 1 saturated carbocycles. The number of rotatable bonds is 4. The molecule has 3 nitrogen and oxygen atoms in total. The molecule has 0 aliphatic heterocycles. The molecule has 1 aromatic rings. The van der Waals surface area contributed by atoms with E-state index in [0.29, 0.717) is 12.0 Å². The first-order valence-corrected chi connectivity index (χ1v) is 7.22. The molecule has 1 fully saturated rings. The van der Waals surface area contributed by atoms with Crippen LogP contribution < -0.4 is 15.2 Å². The Balaban J connectivity index is 2.23. The fraction of sp³-hybridized carbons (Fsp3) is 0.625. The molecule has 19 heavy (non-hydrogen) atoms. The summed E-state index contributed by atoms with van der Waals surface area (Å²) in [4.78, 5) is 0. The van der Waals surface area contributed by atoms with E-state index in [2.05, 4.69) is 6.92 Å². The third kappa shape index (κ3) is 3.21. The van der Waals surface area contributed by atoms with Crippen LogP contribution in [0.4, 0.5) is 0 Å². The summed E-state index contributed by atoms with van der Waals surface area (Å²) < 4.78 is 11.6. The molecule has 3 atom stereocenters. The summed E-state index contributed by atoms with van der Waals surface area (Å²) in [5, 5.41) is 0. The Labute approximate surface area is 116 Å². The number of benzene rings is 1. The summed E-state index contributed by atoms with van der Waals surface area (Å²) in [7, 11) is 1.67. The number of hydrogen-bond acceptors (Lipinski definition) is 3. The molecule has 0 amide bonds. The minimum atomic E-state index is -0.0925. The zero-order valence-electron chi connectivity index (χ0n) is 12.2. The van der Waals surface area contributed by atoms with Crippen LogP contribution in [0.1, 0.15) is 51.1 Å². The summed E-state index contributed by atoms with van der Waals surface area (Å²) >= 11 is 0. The lowest BCUT2D eigenvalue weighted by atomic mass is 9.88. The van der Waals surface area contributed by atoms with Gasteiger partial charge in [0.1, 0.15) is 17.6 Å². The first-order valence-electron chi connectivity index (χ1n) is 7.22. The van der Waals surface area contributed by atoms with E-state index >= 15 is 0 Å². The van der Waals surface area contributed by atoms with Gasteiger partial charge in [0.15, 0.2) is 0 Å². The molecule has 0 heterocycles. The van der Waals surface area contributed by atoms with E-state index in [1.807, 2.05) is 25.1 Å². The standard InChI is InChI=1S/C16H25NO2/c1-11-7-4-5-8-13(11)19-15-10-6-9-14(18-3)16(15)12(2)17/h6,9-13H,4-5,7-8,17H2,1-3H3. The topological polar surface area (TPSA) is 44.5 Å². The second-order valence-corrected chi connectivity index (χ2v) is 5.58. The van der Waals surface area contributed by atoms with Crippen molar-refractivity contribution in [2.45, 2.75) is 51.7 Å². The summed E-state index contributed by atoms with van der Waals surface area (Å²) in [6, 6.07) is 5.82. The predicted octanol–water partition coefficient (Wildman–Crippen LogP) is 3.67. The van der Waals surface area contributed by atoms with Gasteiger partial charge in [-0.25, -0.2) is 0 Å². The first-order chi connectivity index (χ1) is 9.13. The van der Waals surface area contributed by atoms with Gasteiger partial charge in [-0.1, -0.05) is 19.4 Å². The minimum Gasteiger partial charge on any atom is -0.496 e.